The van der Waals surface area contributed by atoms with Gasteiger partial charge in [0.05, 0.1) is 6.10 Å². The van der Waals surface area contributed by atoms with Crippen LogP contribution in [0.25, 0.3) is 10.8 Å². The topological polar surface area (TPSA) is 20.2 Å². The van der Waals surface area contributed by atoms with Gasteiger partial charge < -0.3 is 5.11 Å². The number of hydrogen-bond acceptors (Lipinski definition) is 2. The second kappa shape index (κ2) is 6.33. The molecule has 0 amide bonds. The van der Waals surface area contributed by atoms with Crippen LogP contribution in [0, 0.1) is 0 Å². The van der Waals surface area contributed by atoms with E-state index in [-0.39, 0.29) is 0 Å². The molecule has 1 atom stereocenters. The Morgan fingerprint density at radius 1 is 0.952 bits per heavy atom. The highest BCUT2D eigenvalue weighted by molar-refractivity contribution is 7.98. The molecule has 0 bridgehead atoms. The monoisotopic (exact) mass is 294 g/mol. The van der Waals surface area contributed by atoms with Crippen molar-refractivity contribution in [2.24, 2.45) is 0 Å². The lowest BCUT2D eigenvalue weighted by Crippen LogP contribution is -1.90. The van der Waals surface area contributed by atoms with Crippen LogP contribution in [0.5, 0.6) is 0 Å². The third kappa shape index (κ3) is 3.29. The quantitative estimate of drug-likeness (QED) is 0.669. The average Bonchev–Trinajstić information content (AvgIpc) is 2.53. The van der Waals surface area contributed by atoms with Crippen molar-refractivity contribution in [1.29, 1.82) is 0 Å². The number of rotatable bonds is 4. The fraction of sp³-hybridized carbons (Fsp3) is 0.158. The van der Waals surface area contributed by atoms with Crippen LogP contribution in [0.15, 0.2) is 71.6 Å². The van der Waals surface area contributed by atoms with Crippen LogP contribution in [0.4, 0.5) is 0 Å². The van der Waals surface area contributed by atoms with E-state index < -0.39 is 6.10 Å². The molecule has 0 saturated heterocycles. The Morgan fingerprint density at radius 3 is 2.57 bits per heavy atom. The second-order valence-electron chi connectivity index (χ2n) is 5.18. The van der Waals surface area contributed by atoms with E-state index in [4.69, 9.17) is 0 Å². The van der Waals surface area contributed by atoms with Crippen LogP contribution in [-0.2, 0) is 5.75 Å². The summed E-state index contributed by atoms with van der Waals surface area (Å²) in [5.74, 6) is 0.935. The number of hydrogen-bond donors (Lipinski definition) is 1. The van der Waals surface area contributed by atoms with Crippen LogP contribution >= 0.6 is 11.8 Å². The molecule has 0 aliphatic heterocycles. The zero-order chi connectivity index (χ0) is 14.7. The van der Waals surface area contributed by atoms with E-state index in [1.807, 2.05) is 23.9 Å². The maximum Gasteiger partial charge on any atom is 0.0762 e. The number of aliphatic hydroxyl groups is 1. The highest BCUT2D eigenvalue weighted by Gasteiger charge is 2.04. The summed E-state index contributed by atoms with van der Waals surface area (Å²) in [7, 11) is 0. The summed E-state index contributed by atoms with van der Waals surface area (Å²) in [6, 6.07) is 23.1. The molecule has 3 aromatic rings. The first-order valence-corrected chi connectivity index (χ1v) is 8.10. The first-order valence-electron chi connectivity index (χ1n) is 7.11. The minimum atomic E-state index is -0.414. The third-order valence-electron chi connectivity index (χ3n) is 3.61. The lowest BCUT2D eigenvalue weighted by Gasteiger charge is -2.09. The van der Waals surface area contributed by atoms with Gasteiger partial charge in [0.15, 0.2) is 0 Å². The SMILES string of the molecule is CC(O)c1cccc(SCc2cccc3ccccc23)c1. The van der Waals surface area contributed by atoms with Crippen molar-refractivity contribution in [3.63, 3.8) is 0 Å². The molecule has 0 aromatic heterocycles. The van der Waals surface area contributed by atoms with Gasteiger partial charge in [-0.3, -0.25) is 0 Å². The van der Waals surface area contributed by atoms with Crippen molar-refractivity contribution in [2.45, 2.75) is 23.7 Å². The predicted molar refractivity (Wildman–Crippen MR) is 90.6 cm³/mol. The molecule has 1 N–H and O–H groups in total. The Morgan fingerprint density at radius 2 is 1.71 bits per heavy atom. The average molecular weight is 294 g/mol. The van der Waals surface area contributed by atoms with E-state index in [0.717, 1.165) is 11.3 Å². The molecule has 0 fully saturated rings. The zero-order valence-corrected chi connectivity index (χ0v) is 12.8. The fourth-order valence-corrected chi connectivity index (χ4v) is 3.41. The van der Waals surface area contributed by atoms with E-state index in [2.05, 4.69) is 54.6 Å². The van der Waals surface area contributed by atoms with E-state index >= 15 is 0 Å². The lowest BCUT2D eigenvalue weighted by molar-refractivity contribution is 0.199. The maximum absolute atomic E-state index is 9.67. The third-order valence-corrected chi connectivity index (χ3v) is 4.66. The number of aliphatic hydroxyl groups excluding tert-OH is 1. The minimum Gasteiger partial charge on any atom is -0.389 e. The van der Waals surface area contributed by atoms with Crippen molar-refractivity contribution in [1.82, 2.24) is 0 Å². The summed E-state index contributed by atoms with van der Waals surface area (Å²) in [6.45, 7) is 1.80. The van der Waals surface area contributed by atoms with Gasteiger partial charge in [0.2, 0.25) is 0 Å². The number of benzene rings is 3. The first kappa shape index (κ1) is 14.2. The first-order chi connectivity index (χ1) is 10.2. The van der Waals surface area contributed by atoms with Gasteiger partial charge in [-0.2, -0.15) is 0 Å². The molecule has 1 unspecified atom stereocenters. The smallest absolute Gasteiger partial charge is 0.0762 e. The van der Waals surface area contributed by atoms with Crippen molar-refractivity contribution >= 4 is 22.5 Å². The molecule has 2 heteroatoms. The summed E-state index contributed by atoms with van der Waals surface area (Å²) >= 11 is 1.81. The van der Waals surface area contributed by atoms with Gasteiger partial charge >= 0.3 is 0 Å². The lowest BCUT2D eigenvalue weighted by atomic mass is 10.1. The summed E-state index contributed by atoms with van der Waals surface area (Å²) in [5, 5.41) is 12.3. The zero-order valence-electron chi connectivity index (χ0n) is 12.0. The van der Waals surface area contributed by atoms with E-state index in [9.17, 15) is 5.11 Å². The normalized spacial score (nSPS) is 12.5. The number of fused-ring (bicyclic) bond motifs is 1. The largest absolute Gasteiger partial charge is 0.389 e. The van der Waals surface area contributed by atoms with E-state index in [0.29, 0.717) is 0 Å². The van der Waals surface area contributed by atoms with E-state index in [1.54, 1.807) is 6.92 Å². The van der Waals surface area contributed by atoms with Gasteiger partial charge in [-0.05, 0) is 41.0 Å². The molecule has 0 aliphatic rings. The van der Waals surface area contributed by atoms with Gasteiger partial charge in [0, 0.05) is 10.6 Å². The molecule has 21 heavy (non-hydrogen) atoms. The van der Waals surface area contributed by atoms with Crippen LogP contribution in [-0.4, -0.2) is 5.11 Å². The molecule has 3 rings (SSSR count). The molecule has 3 aromatic carbocycles. The summed E-state index contributed by atoms with van der Waals surface area (Å²) in [4.78, 5) is 1.20. The molecule has 106 valence electrons. The Bertz CT molecular complexity index is 744. The maximum atomic E-state index is 9.67. The van der Waals surface area contributed by atoms with Gasteiger partial charge in [-0.15, -0.1) is 11.8 Å². The number of thioether (sulfide) groups is 1. The summed E-state index contributed by atoms with van der Waals surface area (Å²) in [6.07, 6.45) is -0.414. The highest BCUT2D eigenvalue weighted by atomic mass is 32.2. The minimum absolute atomic E-state index is 0.414. The fourth-order valence-electron chi connectivity index (χ4n) is 2.44. The molecule has 0 heterocycles. The van der Waals surface area contributed by atoms with Crippen LogP contribution < -0.4 is 0 Å². The van der Waals surface area contributed by atoms with Crippen molar-refractivity contribution < 1.29 is 5.11 Å². The van der Waals surface area contributed by atoms with Crippen LogP contribution in [0.3, 0.4) is 0 Å². The van der Waals surface area contributed by atoms with Gasteiger partial charge in [0.25, 0.3) is 0 Å². The van der Waals surface area contributed by atoms with Crippen molar-refractivity contribution in [3.8, 4) is 0 Å². The molecule has 1 nitrogen and oxygen atoms in total. The van der Waals surface area contributed by atoms with Crippen molar-refractivity contribution in [2.75, 3.05) is 0 Å². The Labute approximate surface area is 129 Å². The van der Waals surface area contributed by atoms with Crippen LogP contribution in [0.1, 0.15) is 24.2 Å². The standard InChI is InChI=1S/C19H18OS/c1-14(20)16-8-5-10-18(12-16)21-13-17-9-4-7-15-6-2-3-11-19(15)17/h2-12,14,20H,13H2,1H3. The van der Waals surface area contributed by atoms with E-state index in [1.165, 1.54) is 21.2 Å². The van der Waals surface area contributed by atoms with Gasteiger partial charge in [-0.1, -0.05) is 54.6 Å². The summed E-state index contributed by atoms with van der Waals surface area (Å²) < 4.78 is 0. The second-order valence-corrected chi connectivity index (χ2v) is 6.22. The van der Waals surface area contributed by atoms with Gasteiger partial charge in [0.1, 0.15) is 0 Å². The molecule has 0 radical (unpaired) electrons. The Balaban J connectivity index is 1.82. The predicted octanol–water partition coefficient (Wildman–Crippen LogP) is 5.19. The highest BCUT2D eigenvalue weighted by Crippen LogP contribution is 2.28. The Kier molecular flexibility index (Phi) is 4.28. The van der Waals surface area contributed by atoms with Crippen LogP contribution in [0.2, 0.25) is 0 Å². The molecule has 0 spiro atoms. The molecular formula is C19H18OS. The molecule has 0 aliphatic carbocycles. The van der Waals surface area contributed by atoms with Gasteiger partial charge in [-0.25, -0.2) is 0 Å². The molecular weight excluding hydrogens is 276 g/mol. The molecule has 0 saturated carbocycles. The van der Waals surface area contributed by atoms with Crippen molar-refractivity contribution in [3.05, 3.63) is 77.9 Å². The summed E-state index contributed by atoms with van der Waals surface area (Å²) in [5.41, 5.74) is 2.32. The Hall–Kier alpha value is -1.77.